The number of halogens is 2. The van der Waals surface area contributed by atoms with E-state index in [1.54, 1.807) is 26.3 Å². The van der Waals surface area contributed by atoms with Gasteiger partial charge in [0.05, 0.1) is 11.9 Å². The van der Waals surface area contributed by atoms with Gasteiger partial charge in [0.15, 0.2) is 5.82 Å². The number of aryl methyl sites for hydroxylation is 3. The van der Waals surface area contributed by atoms with Crippen molar-refractivity contribution in [1.29, 1.82) is 0 Å². The van der Waals surface area contributed by atoms with E-state index in [0.29, 0.717) is 22.9 Å². The van der Waals surface area contributed by atoms with Gasteiger partial charge in [-0.3, -0.25) is 0 Å². The topological polar surface area (TPSA) is 70.2 Å². The molecule has 1 saturated heterocycles. The van der Waals surface area contributed by atoms with Gasteiger partial charge in [-0.15, -0.1) is 0 Å². The van der Waals surface area contributed by atoms with Crippen LogP contribution < -0.4 is 15.9 Å². The number of nitrogens with zero attached hydrogens (tertiary/aromatic N) is 3. The van der Waals surface area contributed by atoms with Crippen LogP contribution in [0.1, 0.15) is 42.4 Å². The van der Waals surface area contributed by atoms with Crippen molar-refractivity contribution < 1.29 is 8.96 Å². The van der Waals surface area contributed by atoms with Gasteiger partial charge in [0.1, 0.15) is 18.0 Å². The number of rotatable bonds is 6. The number of hydrogen-bond acceptors (Lipinski definition) is 6. The number of likely N-dealkylation sites (tertiary alicyclic amines) is 1. The lowest BCUT2D eigenvalue weighted by Gasteiger charge is -2.25. The van der Waals surface area contributed by atoms with Gasteiger partial charge in [-0.1, -0.05) is 17.7 Å². The summed E-state index contributed by atoms with van der Waals surface area (Å²) in [6.45, 7) is 7.48. The smallest absolute Gasteiger partial charge is 0.229 e. The molecule has 0 radical (unpaired) electrons. The molecule has 1 unspecified atom stereocenters. The summed E-state index contributed by atoms with van der Waals surface area (Å²) < 4.78 is 27.8. The Morgan fingerprint density at radius 2 is 1.78 bits per heavy atom. The lowest BCUT2D eigenvalue weighted by molar-refractivity contribution is 0.222. The monoisotopic (exact) mass is 541 g/mol. The molecule has 3 aromatic rings. The Morgan fingerprint density at radius 1 is 1.05 bits per heavy atom. The normalized spacial score (nSPS) is 18.4. The second-order valence-corrected chi connectivity index (χ2v) is 14.2. The summed E-state index contributed by atoms with van der Waals surface area (Å²) >= 11 is 6.37. The van der Waals surface area contributed by atoms with Crippen molar-refractivity contribution in [3.05, 3.63) is 64.1 Å². The average Bonchev–Trinajstić information content (AvgIpc) is 3.29. The van der Waals surface area contributed by atoms with E-state index in [1.807, 2.05) is 0 Å². The van der Waals surface area contributed by atoms with Gasteiger partial charge >= 0.3 is 0 Å². The quantitative estimate of drug-likeness (QED) is 0.269. The first kappa shape index (κ1) is 26.1. The summed E-state index contributed by atoms with van der Waals surface area (Å²) in [7, 11) is -2.76. The predicted octanol–water partition coefficient (Wildman–Crippen LogP) is 6.66. The summed E-state index contributed by atoms with van der Waals surface area (Å²) in [6.07, 6.45) is 8.69. The van der Waals surface area contributed by atoms with Crippen LogP contribution in [0.2, 0.25) is 5.02 Å². The summed E-state index contributed by atoms with van der Waals surface area (Å²) in [5, 5.41) is 6.93. The van der Waals surface area contributed by atoms with E-state index < -0.39 is 13.0 Å². The van der Waals surface area contributed by atoms with Crippen molar-refractivity contribution in [3.8, 4) is 0 Å². The molecule has 1 fully saturated rings. The van der Waals surface area contributed by atoms with Crippen LogP contribution in [0.25, 0.3) is 0 Å². The summed E-state index contributed by atoms with van der Waals surface area (Å²) in [6, 6.07) is 10.3. The van der Waals surface area contributed by atoms with E-state index in [9.17, 15) is 8.96 Å². The van der Waals surface area contributed by atoms with E-state index in [4.69, 9.17) is 11.6 Å². The van der Waals surface area contributed by atoms with Gasteiger partial charge in [-0.05, 0) is 113 Å². The molecule has 2 aliphatic rings. The molecule has 2 aromatic carbocycles. The average molecular weight is 542 g/mol. The Bertz CT molecular complexity index is 1350. The van der Waals surface area contributed by atoms with Crippen LogP contribution in [-0.2, 0) is 17.4 Å². The van der Waals surface area contributed by atoms with Gasteiger partial charge in [-0.2, -0.15) is 4.98 Å². The van der Waals surface area contributed by atoms with Gasteiger partial charge < -0.3 is 20.1 Å². The molecule has 2 N–H and O–H groups in total. The molecule has 0 bridgehead atoms. The van der Waals surface area contributed by atoms with Crippen LogP contribution in [-0.4, -0.2) is 47.3 Å². The third-order valence-corrected chi connectivity index (χ3v) is 9.18. The fourth-order valence-corrected chi connectivity index (χ4v) is 6.83. The van der Waals surface area contributed by atoms with E-state index in [-0.39, 0.29) is 16.5 Å². The molecule has 0 spiro atoms. The van der Waals surface area contributed by atoms with Crippen LogP contribution in [0.3, 0.4) is 0 Å². The zero-order chi connectivity index (χ0) is 26.2. The van der Waals surface area contributed by atoms with Crippen LogP contribution in [0.5, 0.6) is 0 Å². The van der Waals surface area contributed by atoms with E-state index in [2.05, 4.69) is 43.7 Å². The molecule has 1 aliphatic carbocycles. The Morgan fingerprint density at radius 3 is 2.51 bits per heavy atom. The minimum atomic E-state index is -2.76. The molecule has 196 valence electrons. The predicted molar refractivity (Wildman–Crippen MR) is 152 cm³/mol. The zero-order valence-electron chi connectivity index (χ0n) is 21.7. The first-order valence-electron chi connectivity index (χ1n) is 13.0. The Balaban J connectivity index is 1.35. The maximum Gasteiger partial charge on any atom is 0.229 e. The third-order valence-electron chi connectivity index (χ3n) is 7.39. The Kier molecular flexibility index (Phi) is 7.58. The van der Waals surface area contributed by atoms with Crippen molar-refractivity contribution in [2.24, 2.45) is 0 Å². The van der Waals surface area contributed by atoms with Crippen molar-refractivity contribution in [1.82, 2.24) is 14.9 Å². The third kappa shape index (κ3) is 6.00. The van der Waals surface area contributed by atoms with Crippen molar-refractivity contribution in [2.75, 3.05) is 37.1 Å². The highest BCUT2D eigenvalue weighted by atomic mass is 35.5. The first-order chi connectivity index (χ1) is 17.7. The van der Waals surface area contributed by atoms with Crippen molar-refractivity contribution in [2.45, 2.75) is 51.5 Å². The molecule has 2 heterocycles. The largest absolute Gasteiger partial charge is 0.336 e. The highest BCUT2D eigenvalue weighted by Crippen LogP contribution is 2.40. The summed E-state index contributed by atoms with van der Waals surface area (Å²) in [5.74, 6) is 0.0987. The number of hydrogen-bond donors (Lipinski definition) is 2. The summed E-state index contributed by atoms with van der Waals surface area (Å²) in [5.41, 5.74) is 4.51. The molecule has 6 nitrogen and oxygen atoms in total. The summed E-state index contributed by atoms with van der Waals surface area (Å²) in [4.78, 5) is 11.5. The van der Waals surface area contributed by atoms with Gasteiger partial charge in [-0.25, -0.2) is 9.37 Å². The highest BCUT2D eigenvalue weighted by Gasteiger charge is 2.25. The maximum absolute atomic E-state index is 14.9. The van der Waals surface area contributed by atoms with Gasteiger partial charge in [0.2, 0.25) is 5.95 Å². The minimum Gasteiger partial charge on any atom is -0.336 e. The number of nitrogens with one attached hydrogen (secondary N) is 2. The number of anilines is 4. The van der Waals surface area contributed by atoms with Crippen LogP contribution in [0.4, 0.5) is 27.5 Å². The fourth-order valence-electron chi connectivity index (χ4n) is 5.48. The molecule has 1 aliphatic heterocycles. The second-order valence-electron chi connectivity index (χ2n) is 10.6. The zero-order valence-corrected chi connectivity index (χ0v) is 23.3. The number of aromatic nitrogens is 2. The molecule has 0 saturated carbocycles. The molecule has 37 heavy (non-hydrogen) atoms. The molecule has 1 aromatic heterocycles. The van der Waals surface area contributed by atoms with Crippen LogP contribution in [0, 0.1) is 12.7 Å². The SMILES string of the molecule is Cc1cc(F)c(Nc2nc(Nc3ccc4c(c3)CCC(N3CCCC3)CC4)ncc2Cl)c(P(C)(C)=O)c1. The van der Waals surface area contributed by atoms with Gasteiger partial charge in [0, 0.05) is 17.0 Å². The van der Waals surface area contributed by atoms with Crippen LogP contribution in [0.15, 0.2) is 36.5 Å². The lowest BCUT2D eigenvalue weighted by Crippen LogP contribution is -2.32. The van der Waals surface area contributed by atoms with E-state index >= 15 is 0 Å². The molecular formula is C28H34ClFN5OP. The lowest BCUT2D eigenvalue weighted by atomic mass is 10.0. The molecular weight excluding hydrogens is 508 g/mol. The van der Waals surface area contributed by atoms with Crippen molar-refractivity contribution in [3.63, 3.8) is 0 Å². The minimum absolute atomic E-state index is 0.128. The van der Waals surface area contributed by atoms with Gasteiger partial charge in [0.25, 0.3) is 0 Å². The maximum atomic E-state index is 14.9. The van der Waals surface area contributed by atoms with E-state index in [1.165, 1.54) is 62.2 Å². The fraction of sp³-hybridized carbons (Fsp3) is 0.429. The first-order valence-corrected chi connectivity index (χ1v) is 15.9. The Labute approximate surface area is 223 Å². The molecule has 0 amide bonds. The molecule has 1 atom stereocenters. The highest BCUT2D eigenvalue weighted by molar-refractivity contribution is 7.70. The molecule has 5 rings (SSSR count). The van der Waals surface area contributed by atoms with E-state index in [0.717, 1.165) is 18.5 Å². The second kappa shape index (κ2) is 10.7. The van der Waals surface area contributed by atoms with Crippen molar-refractivity contribution >= 4 is 47.2 Å². The van der Waals surface area contributed by atoms with Crippen LogP contribution >= 0.6 is 18.7 Å². The standard InChI is InChI=1S/C28H34ClFN5OP/c1-18-14-24(30)26(25(15-18)37(2,3)36)33-27-23(29)17-31-28(34-27)32-21-9-6-19-7-10-22(11-8-20(19)16-21)35-12-4-5-13-35/h6,9,14-17,22H,4-5,7-8,10-13H2,1-3H3,(H2,31,32,33,34). The molecule has 9 heteroatoms. The Hall–Kier alpha value is -2.47. The number of fused-ring (bicyclic) bond motifs is 1. The number of benzene rings is 2.